The molecule has 1 unspecified atom stereocenters. The zero-order chi connectivity index (χ0) is 20.3. The van der Waals surface area contributed by atoms with Crippen molar-refractivity contribution in [2.45, 2.75) is 39.3 Å². The highest BCUT2D eigenvalue weighted by Gasteiger charge is 2.35. The van der Waals surface area contributed by atoms with Crippen molar-refractivity contribution in [3.05, 3.63) is 63.2 Å². The standard InChI is InChI=1S/C21H25N3O4/c1-14-4-11-19(24(26)27)21(15(14)2)22-20(25)13-23(17-7-8-17)12-16-5-9-18(28-3)10-6-16/h4-6,9-11,17H,7-8,12-13H2,1-3H3,(H,22,25)/p+1. The summed E-state index contributed by atoms with van der Waals surface area (Å²) >= 11 is 0. The average molecular weight is 384 g/mol. The minimum Gasteiger partial charge on any atom is -0.497 e. The molecule has 2 N–H and O–H groups in total. The van der Waals surface area contributed by atoms with Crippen molar-refractivity contribution < 1.29 is 19.4 Å². The van der Waals surface area contributed by atoms with E-state index >= 15 is 0 Å². The molecule has 0 spiro atoms. The summed E-state index contributed by atoms with van der Waals surface area (Å²) in [5.41, 5.74) is 3.00. The first-order valence-electron chi connectivity index (χ1n) is 9.41. The number of nitrogens with one attached hydrogen (secondary N) is 2. The summed E-state index contributed by atoms with van der Waals surface area (Å²) in [5, 5.41) is 14.1. The molecule has 28 heavy (non-hydrogen) atoms. The van der Waals surface area contributed by atoms with Crippen LogP contribution in [-0.4, -0.2) is 30.5 Å². The molecule has 2 aromatic rings. The molecule has 0 aliphatic heterocycles. The molecule has 7 heteroatoms. The number of nitro benzene ring substituents is 1. The molecule has 3 rings (SSSR count). The lowest BCUT2D eigenvalue weighted by Crippen LogP contribution is -3.13. The molecular formula is C21H26N3O4+. The molecule has 0 aromatic heterocycles. The number of quaternary nitrogens is 1. The van der Waals surface area contributed by atoms with Gasteiger partial charge in [-0.05, 0) is 49.2 Å². The molecule has 148 valence electrons. The Labute approximate surface area is 164 Å². The zero-order valence-corrected chi connectivity index (χ0v) is 16.5. The third-order valence-electron chi connectivity index (χ3n) is 5.31. The summed E-state index contributed by atoms with van der Waals surface area (Å²) in [4.78, 5) is 24.8. The molecule has 0 bridgehead atoms. The van der Waals surface area contributed by atoms with Gasteiger partial charge in [0, 0.05) is 24.5 Å². The van der Waals surface area contributed by atoms with Crippen molar-refractivity contribution in [3.63, 3.8) is 0 Å². The second-order valence-corrected chi connectivity index (χ2v) is 7.34. The molecule has 1 amide bonds. The second kappa shape index (κ2) is 8.39. The Morgan fingerprint density at radius 1 is 1.21 bits per heavy atom. The van der Waals surface area contributed by atoms with Crippen LogP contribution in [0.4, 0.5) is 11.4 Å². The van der Waals surface area contributed by atoms with E-state index in [4.69, 9.17) is 4.74 Å². The number of methoxy groups -OCH3 is 1. The van der Waals surface area contributed by atoms with Crippen LogP contribution in [0.1, 0.15) is 29.5 Å². The van der Waals surface area contributed by atoms with Gasteiger partial charge in [-0.2, -0.15) is 0 Å². The van der Waals surface area contributed by atoms with E-state index in [9.17, 15) is 14.9 Å². The predicted molar refractivity (Wildman–Crippen MR) is 107 cm³/mol. The Balaban J connectivity index is 1.71. The van der Waals surface area contributed by atoms with Crippen LogP contribution in [0.3, 0.4) is 0 Å². The van der Waals surface area contributed by atoms with Crippen LogP contribution in [0.5, 0.6) is 5.75 Å². The minimum atomic E-state index is -0.453. The number of anilines is 1. The Morgan fingerprint density at radius 2 is 1.89 bits per heavy atom. The predicted octanol–water partition coefficient (Wildman–Crippen LogP) is 2.41. The first-order chi connectivity index (χ1) is 13.4. The molecule has 1 saturated carbocycles. The summed E-state index contributed by atoms with van der Waals surface area (Å²) in [6.45, 7) is 4.68. The Morgan fingerprint density at radius 3 is 2.46 bits per heavy atom. The largest absolute Gasteiger partial charge is 0.497 e. The number of carbonyl (C=O) groups is 1. The number of hydrogen-bond donors (Lipinski definition) is 2. The molecule has 1 atom stereocenters. The maximum absolute atomic E-state index is 12.7. The maximum Gasteiger partial charge on any atom is 0.293 e. The smallest absolute Gasteiger partial charge is 0.293 e. The van der Waals surface area contributed by atoms with Crippen LogP contribution >= 0.6 is 0 Å². The van der Waals surface area contributed by atoms with Gasteiger partial charge in [0.2, 0.25) is 0 Å². The Bertz CT molecular complexity index is 876. The topological polar surface area (TPSA) is 85.9 Å². The molecule has 1 aliphatic carbocycles. The van der Waals surface area contributed by atoms with Gasteiger partial charge in [0.25, 0.3) is 11.6 Å². The SMILES string of the molecule is COc1ccc(C[NH+](CC(=O)Nc2c([N+](=O)[O-])ccc(C)c2C)C2CC2)cc1. The number of hydrogen-bond acceptors (Lipinski definition) is 4. The van der Waals surface area contributed by atoms with Crippen molar-refractivity contribution in [1.29, 1.82) is 0 Å². The van der Waals surface area contributed by atoms with Gasteiger partial charge in [-0.3, -0.25) is 14.9 Å². The summed E-state index contributed by atoms with van der Waals surface area (Å²) in [5.74, 6) is 0.601. The van der Waals surface area contributed by atoms with E-state index in [-0.39, 0.29) is 18.1 Å². The van der Waals surface area contributed by atoms with E-state index in [1.807, 2.05) is 31.2 Å². The fourth-order valence-corrected chi connectivity index (χ4v) is 3.35. The Kier molecular flexibility index (Phi) is 5.94. The van der Waals surface area contributed by atoms with Gasteiger partial charge in [0.05, 0.1) is 18.1 Å². The fourth-order valence-electron chi connectivity index (χ4n) is 3.35. The molecule has 0 saturated heterocycles. The number of aryl methyl sites for hydroxylation is 1. The van der Waals surface area contributed by atoms with Crippen LogP contribution in [-0.2, 0) is 11.3 Å². The normalized spacial score (nSPS) is 14.4. The number of amides is 1. The highest BCUT2D eigenvalue weighted by atomic mass is 16.6. The monoisotopic (exact) mass is 384 g/mol. The lowest BCUT2D eigenvalue weighted by molar-refractivity contribution is -0.916. The third-order valence-corrected chi connectivity index (χ3v) is 5.31. The van der Waals surface area contributed by atoms with Crippen LogP contribution in [0.25, 0.3) is 0 Å². The van der Waals surface area contributed by atoms with Gasteiger partial charge in [-0.1, -0.05) is 6.07 Å². The Hall–Kier alpha value is -2.93. The van der Waals surface area contributed by atoms with Crippen molar-refractivity contribution in [2.75, 3.05) is 19.0 Å². The maximum atomic E-state index is 12.7. The lowest BCUT2D eigenvalue weighted by atomic mass is 10.1. The number of rotatable bonds is 8. The summed E-state index contributed by atoms with van der Waals surface area (Å²) < 4.78 is 5.19. The van der Waals surface area contributed by atoms with Gasteiger partial charge >= 0.3 is 0 Å². The molecule has 0 heterocycles. The molecule has 1 aliphatic rings. The summed E-state index contributed by atoms with van der Waals surface area (Å²) in [6, 6.07) is 11.5. The van der Waals surface area contributed by atoms with Gasteiger partial charge in [-0.25, -0.2) is 0 Å². The highest BCUT2D eigenvalue weighted by molar-refractivity contribution is 5.95. The number of carbonyl (C=O) groups excluding carboxylic acids is 1. The van der Waals surface area contributed by atoms with Gasteiger partial charge in [-0.15, -0.1) is 0 Å². The van der Waals surface area contributed by atoms with Crippen molar-refractivity contribution >= 4 is 17.3 Å². The van der Waals surface area contributed by atoms with E-state index in [0.29, 0.717) is 11.7 Å². The highest BCUT2D eigenvalue weighted by Crippen LogP contribution is 2.30. The van der Waals surface area contributed by atoms with E-state index in [0.717, 1.165) is 41.8 Å². The number of benzene rings is 2. The number of ether oxygens (including phenoxy) is 1. The van der Waals surface area contributed by atoms with E-state index in [1.54, 1.807) is 20.1 Å². The van der Waals surface area contributed by atoms with Crippen LogP contribution in [0.2, 0.25) is 0 Å². The first-order valence-corrected chi connectivity index (χ1v) is 9.41. The number of nitro groups is 1. The van der Waals surface area contributed by atoms with Gasteiger partial charge in [0.1, 0.15) is 18.0 Å². The van der Waals surface area contributed by atoms with E-state index < -0.39 is 4.92 Å². The van der Waals surface area contributed by atoms with Gasteiger partial charge in [0.15, 0.2) is 6.54 Å². The number of nitrogens with zero attached hydrogens (tertiary/aromatic N) is 1. The average Bonchev–Trinajstić information content (AvgIpc) is 3.50. The van der Waals surface area contributed by atoms with E-state index in [2.05, 4.69) is 5.32 Å². The van der Waals surface area contributed by atoms with Gasteiger partial charge < -0.3 is 15.0 Å². The molecule has 0 radical (unpaired) electrons. The third kappa shape index (κ3) is 4.67. The van der Waals surface area contributed by atoms with Crippen LogP contribution < -0.4 is 15.0 Å². The van der Waals surface area contributed by atoms with Crippen LogP contribution in [0.15, 0.2) is 36.4 Å². The lowest BCUT2D eigenvalue weighted by Gasteiger charge is -2.19. The van der Waals surface area contributed by atoms with Crippen molar-refractivity contribution in [3.8, 4) is 5.75 Å². The summed E-state index contributed by atoms with van der Waals surface area (Å²) in [7, 11) is 1.63. The molecule has 2 aromatic carbocycles. The molecule has 7 nitrogen and oxygen atoms in total. The van der Waals surface area contributed by atoms with E-state index in [1.165, 1.54) is 11.0 Å². The molecule has 1 fully saturated rings. The minimum absolute atomic E-state index is 0.0698. The quantitative estimate of drug-likeness (QED) is 0.541. The summed E-state index contributed by atoms with van der Waals surface area (Å²) in [6.07, 6.45) is 2.20. The molecular weight excluding hydrogens is 358 g/mol. The second-order valence-electron chi connectivity index (χ2n) is 7.34. The van der Waals surface area contributed by atoms with Crippen LogP contribution in [0, 0.1) is 24.0 Å². The van der Waals surface area contributed by atoms with Crippen molar-refractivity contribution in [2.24, 2.45) is 0 Å². The zero-order valence-electron chi connectivity index (χ0n) is 16.5. The van der Waals surface area contributed by atoms with Crippen molar-refractivity contribution in [1.82, 2.24) is 0 Å². The first kappa shape index (κ1) is 19.8. The fraction of sp³-hybridized carbons (Fsp3) is 0.381.